The monoisotopic (exact) mass is 99.1 g/mol. The van der Waals surface area contributed by atoms with Crippen molar-refractivity contribution in [2.75, 3.05) is 6.58 Å². The van der Waals surface area contributed by atoms with Crippen molar-refractivity contribution in [3.8, 4) is 0 Å². The Morgan fingerprint density at radius 3 is 3.57 bits per heavy atom. The molecule has 7 heavy (non-hydrogen) atoms. The second kappa shape index (κ2) is 2.67. The maximum Gasteiger partial charge on any atom is 0.0873 e. The lowest BCUT2D eigenvalue weighted by atomic mass is 10.2. The van der Waals surface area contributed by atoms with Crippen LogP contribution in [0.1, 0.15) is 20.6 Å². The quantitative estimate of drug-likeness (QED) is 0.449. The molecule has 0 saturated carbocycles. The Bertz CT molecular complexity index is 90.5. The van der Waals surface area contributed by atoms with E-state index in [9.17, 15) is 0 Å². The van der Waals surface area contributed by atoms with E-state index in [2.05, 4.69) is 0 Å². The summed E-state index contributed by atoms with van der Waals surface area (Å²) in [5, 5.41) is 0. The lowest BCUT2D eigenvalue weighted by molar-refractivity contribution is 0.249. The van der Waals surface area contributed by atoms with Crippen LogP contribution in [0.15, 0.2) is 12.3 Å². The highest BCUT2D eigenvalue weighted by molar-refractivity contribution is 4.75. The topological polar surface area (TPSA) is 9.23 Å². The smallest absolute Gasteiger partial charge is 0.0873 e. The molecule has 1 aliphatic rings. The van der Waals surface area contributed by atoms with E-state index >= 15 is 0 Å². The van der Waals surface area contributed by atoms with Gasteiger partial charge in [0.2, 0.25) is 0 Å². The van der Waals surface area contributed by atoms with Gasteiger partial charge < -0.3 is 4.74 Å². The molecular formula is C6H10O. The molecule has 0 bridgehead atoms. The summed E-state index contributed by atoms with van der Waals surface area (Å²) in [5.41, 5.74) is 0. The van der Waals surface area contributed by atoms with Crippen LogP contribution in [0.2, 0.25) is 0 Å². The highest BCUT2D eigenvalue weighted by Crippen LogP contribution is 2.01. The molecule has 0 fully saturated rings. The average Bonchev–Trinajstić information content (AvgIpc) is 1.94. The lowest BCUT2D eigenvalue weighted by Gasteiger charge is -1.91. The summed E-state index contributed by atoms with van der Waals surface area (Å²) in [5.74, 6) is 0. The van der Waals surface area contributed by atoms with Gasteiger partial charge in [-0.2, -0.15) is 0 Å². The Morgan fingerprint density at radius 2 is 2.57 bits per heavy atom. The van der Waals surface area contributed by atoms with Crippen molar-refractivity contribution in [1.82, 2.24) is 0 Å². The van der Waals surface area contributed by atoms with Gasteiger partial charge in [0.05, 0.1) is 14.2 Å². The molecule has 0 aliphatic carbocycles. The van der Waals surface area contributed by atoms with Crippen molar-refractivity contribution in [2.45, 2.75) is 19.3 Å². The summed E-state index contributed by atoms with van der Waals surface area (Å²) in [7, 11) is 0. The Hall–Kier alpha value is -0.460. The molecule has 0 aromatic carbocycles. The summed E-state index contributed by atoms with van der Waals surface area (Å²) in [6.45, 7) is -0.311. The Labute approximate surface area is 45.4 Å². The van der Waals surface area contributed by atoms with Crippen LogP contribution >= 0.6 is 0 Å². The van der Waals surface area contributed by atoms with Crippen LogP contribution in [0, 0.1) is 0 Å². The molecule has 1 nitrogen and oxygen atoms in total. The summed E-state index contributed by atoms with van der Waals surface area (Å²) >= 11 is 0. The zero-order valence-electron chi connectivity index (χ0n) is 5.26. The number of allylic oxidation sites excluding steroid dienone is 1. The Kier molecular flexibility index (Phi) is 1.35. The van der Waals surface area contributed by atoms with E-state index < -0.39 is 0 Å². The first-order valence-corrected chi connectivity index (χ1v) is 2.62. The van der Waals surface area contributed by atoms with E-state index in [-0.39, 0.29) is 6.58 Å². The van der Waals surface area contributed by atoms with E-state index in [0.29, 0.717) is 0 Å². The van der Waals surface area contributed by atoms with Gasteiger partial charge in [0, 0.05) is 0 Å². The largest absolute Gasteiger partial charge is 0.502 e. The Morgan fingerprint density at radius 1 is 1.57 bits per heavy atom. The minimum Gasteiger partial charge on any atom is -0.502 e. The van der Waals surface area contributed by atoms with Crippen molar-refractivity contribution < 1.29 is 6.11 Å². The van der Waals surface area contributed by atoms with Crippen LogP contribution in [0.3, 0.4) is 0 Å². The average molecular weight is 99.2 g/mol. The van der Waals surface area contributed by atoms with Crippen LogP contribution in [-0.2, 0) is 4.74 Å². The minimum atomic E-state index is -0.311. The molecule has 1 unspecified atom stereocenters. The number of rotatable bonds is 0. The first kappa shape index (κ1) is 3.53. The molecule has 1 rings (SSSR count). The van der Waals surface area contributed by atoms with Gasteiger partial charge in [-0.3, -0.25) is 0 Å². The molecule has 0 saturated heterocycles. The maximum atomic E-state index is 7.14. The van der Waals surface area contributed by atoms with Crippen molar-refractivity contribution in [2.24, 2.45) is 0 Å². The molecule has 1 atom stereocenters. The summed E-state index contributed by atoms with van der Waals surface area (Å²) in [6.07, 6.45) is 6.62. The Balaban J connectivity index is 2.30. The van der Waals surface area contributed by atoms with Crippen LogP contribution in [-0.4, -0.2) is 6.58 Å². The summed E-state index contributed by atoms with van der Waals surface area (Å²) < 4.78 is 12.0. The number of hydrogen-bond donors (Lipinski definition) is 0. The van der Waals surface area contributed by atoms with E-state index in [4.69, 9.17) is 6.11 Å². The molecule has 0 aromatic heterocycles. The highest BCUT2D eigenvalue weighted by Gasteiger charge is 1.88. The highest BCUT2D eigenvalue weighted by atomic mass is 16.5. The zero-order chi connectivity index (χ0) is 5.82. The molecule has 0 aromatic rings. The number of hydrogen-bond acceptors (Lipinski definition) is 1. The molecule has 0 N–H and O–H groups in total. The molecule has 0 radical (unpaired) electrons. The SMILES string of the molecule is [2H]C1CCCC=CO1. The fraction of sp³-hybridized carbons (Fsp3) is 0.667. The van der Waals surface area contributed by atoms with Gasteiger partial charge in [0.15, 0.2) is 0 Å². The van der Waals surface area contributed by atoms with Crippen molar-refractivity contribution >= 4 is 0 Å². The fourth-order valence-electron chi connectivity index (χ4n) is 0.566. The van der Waals surface area contributed by atoms with Crippen molar-refractivity contribution in [1.29, 1.82) is 0 Å². The second-order valence-corrected chi connectivity index (χ2v) is 1.61. The predicted molar refractivity (Wildman–Crippen MR) is 28.9 cm³/mol. The van der Waals surface area contributed by atoms with E-state index in [1.807, 2.05) is 6.08 Å². The van der Waals surface area contributed by atoms with E-state index in [1.54, 1.807) is 6.26 Å². The summed E-state index contributed by atoms with van der Waals surface area (Å²) in [6, 6.07) is 0. The van der Waals surface area contributed by atoms with Gasteiger partial charge >= 0.3 is 0 Å². The minimum absolute atomic E-state index is 0.311. The predicted octanol–water partition coefficient (Wildman–Crippen LogP) is 1.70. The normalized spacial score (nSPS) is 33.1. The molecule has 1 aliphatic heterocycles. The van der Waals surface area contributed by atoms with Crippen molar-refractivity contribution in [3.05, 3.63) is 12.3 Å². The number of ether oxygens (including phenoxy) is 1. The molecule has 40 valence electrons. The second-order valence-electron chi connectivity index (χ2n) is 1.61. The van der Waals surface area contributed by atoms with E-state index in [1.165, 1.54) is 0 Å². The molecule has 0 amide bonds. The standard InChI is InChI=1S/C6H10O/c1-2-4-6-7-5-3-1/h3,5H,1-2,4,6H2/i6D. The third-order valence-corrected chi connectivity index (χ3v) is 0.964. The third kappa shape index (κ3) is 1.62. The van der Waals surface area contributed by atoms with Gasteiger partial charge in [-0.25, -0.2) is 0 Å². The molecule has 1 heterocycles. The first-order valence-electron chi connectivity index (χ1n) is 3.20. The van der Waals surface area contributed by atoms with Gasteiger partial charge in [-0.15, -0.1) is 0 Å². The van der Waals surface area contributed by atoms with Gasteiger partial charge in [-0.1, -0.05) is 0 Å². The van der Waals surface area contributed by atoms with Crippen LogP contribution in [0.25, 0.3) is 0 Å². The van der Waals surface area contributed by atoms with Crippen LogP contribution in [0.4, 0.5) is 0 Å². The van der Waals surface area contributed by atoms with E-state index in [0.717, 1.165) is 19.3 Å². The van der Waals surface area contributed by atoms with Crippen LogP contribution < -0.4 is 0 Å². The van der Waals surface area contributed by atoms with Crippen LogP contribution in [0.5, 0.6) is 0 Å². The summed E-state index contributed by atoms with van der Waals surface area (Å²) in [4.78, 5) is 0. The molecular weight excluding hydrogens is 88.1 g/mol. The zero-order valence-corrected chi connectivity index (χ0v) is 4.26. The maximum absolute atomic E-state index is 7.14. The fourth-order valence-corrected chi connectivity index (χ4v) is 0.566. The van der Waals surface area contributed by atoms with Gasteiger partial charge in [0.25, 0.3) is 0 Å². The third-order valence-electron chi connectivity index (χ3n) is 0.964. The van der Waals surface area contributed by atoms with Crippen molar-refractivity contribution in [3.63, 3.8) is 0 Å². The van der Waals surface area contributed by atoms with Gasteiger partial charge in [0.1, 0.15) is 0 Å². The molecule has 0 spiro atoms. The van der Waals surface area contributed by atoms with Gasteiger partial charge in [-0.05, 0) is 25.3 Å². The lowest BCUT2D eigenvalue weighted by Crippen LogP contribution is -1.81. The first-order chi connectivity index (χ1) is 3.89. The molecule has 1 heteroatoms.